The van der Waals surface area contributed by atoms with Gasteiger partial charge in [-0.1, -0.05) is 18.5 Å². The lowest BCUT2D eigenvalue weighted by Gasteiger charge is -2.24. The number of rotatable bonds is 10. The van der Waals surface area contributed by atoms with Crippen LogP contribution in [0.2, 0.25) is 5.02 Å². The number of methoxy groups -OCH3 is 2. The van der Waals surface area contributed by atoms with Gasteiger partial charge in [-0.15, -0.1) is 0 Å². The van der Waals surface area contributed by atoms with E-state index < -0.39 is 5.92 Å². The molecular formula is C18H24ClNO5. The van der Waals surface area contributed by atoms with E-state index in [-0.39, 0.29) is 37.0 Å². The molecule has 1 amide bonds. The van der Waals surface area contributed by atoms with Gasteiger partial charge in [0.05, 0.1) is 19.6 Å². The van der Waals surface area contributed by atoms with Crippen molar-refractivity contribution in [2.75, 3.05) is 33.9 Å². The highest BCUT2D eigenvalue weighted by molar-refractivity contribution is 6.30. The van der Waals surface area contributed by atoms with Crippen LogP contribution in [0.1, 0.15) is 30.1 Å². The number of esters is 1. The standard InChI is InChI=1S/C18H24ClNO5/c1-13(18(23)25-3)12-20(10-11-24-2)17(22)9-8-16(21)14-4-6-15(19)7-5-14/h4-7,13H,8-12H2,1-3H3. The summed E-state index contributed by atoms with van der Waals surface area (Å²) in [4.78, 5) is 37.7. The quantitative estimate of drug-likeness (QED) is 0.468. The van der Waals surface area contributed by atoms with Gasteiger partial charge in [0.25, 0.3) is 0 Å². The highest BCUT2D eigenvalue weighted by atomic mass is 35.5. The number of nitrogens with zero attached hydrogens (tertiary/aromatic N) is 1. The molecule has 0 radical (unpaired) electrons. The minimum absolute atomic E-state index is 0.0685. The smallest absolute Gasteiger partial charge is 0.310 e. The average Bonchev–Trinajstić information content (AvgIpc) is 2.62. The minimum Gasteiger partial charge on any atom is -0.469 e. The summed E-state index contributed by atoms with van der Waals surface area (Å²) in [5.74, 6) is -1.15. The van der Waals surface area contributed by atoms with E-state index in [0.717, 1.165) is 0 Å². The minimum atomic E-state index is -0.447. The molecular weight excluding hydrogens is 346 g/mol. The summed E-state index contributed by atoms with van der Waals surface area (Å²) >= 11 is 5.80. The molecule has 25 heavy (non-hydrogen) atoms. The third-order valence-corrected chi connectivity index (χ3v) is 4.00. The predicted molar refractivity (Wildman–Crippen MR) is 94.7 cm³/mol. The van der Waals surface area contributed by atoms with Gasteiger partial charge in [-0.3, -0.25) is 14.4 Å². The van der Waals surface area contributed by atoms with Crippen LogP contribution in [0.4, 0.5) is 0 Å². The Morgan fingerprint density at radius 3 is 2.32 bits per heavy atom. The fourth-order valence-corrected chi connectivity index (χ4v) is 2.41. The second kappa shape index (κ2) is 10.8. The van der Waals surface area contributed by atoms with E-state index in [0.29, 0.717) is 23.7 Å². The number of Topliss-reactive ketones (excluding diaryl/α,β-unsaturated/α-hetero) is 1. The lowest BCUT2D eigenvalue weighted by atomic mass is 10.1. The third-order valence-electron chi connectivity index (χ3n) is 3.75. The zero-order chi connectivity index (χ0) is 18.8. The van der Waals surface area contributed by atoms with Gasteiger partial charge in [0, 0.05) is 43.6 Å². The first kappa shape index (κ1) is 21.1. The topological polar surface area (TPSA) is 72.9 Å². The van der Waals surface area contributed by atoms with Crippen LogP contribution in [0, 0.1) is 5.92 Å². The number of carbonyl (C=O) groups excluding carboxylic acids is 3. The van der Waals surface area contributed by atoms with Crippen molar-refractivity contribution < 1.29 is 23.9 Å². The third kappa shape index (κ3) is 7.23. The summed E-state index contributed by atoms with van der Waals surface area (Å²) < 4.78 is 9.70. The molecule has 0 bridgehead atoms. The zero-order valence-corrected chi connectivity index (χ0v) is 15.5. The molecule has 1 rings (SSSR count). The van der Waals surface area contributed by atoms with Crippen molar-refractivity contribution in [3.05, 3.63) is 34.9 Å². The molecule has 0 saturated heterocycles. The molecule has 7 heteroatoms. The molecule has 0 heterocycles. The maximum Gasteiger partial charge on any atom is 0.310 e. The van der Waals surface area contributed by atoms with Gasteiger partial charge in [0.15, 0.2) is 5.78 Å². The number of carbonyl (C=O) groups is 3. The normalized spacial score (nSPS) is 11.7. The molecule has 0 spiro atoms. The monoisotopic (exact) mass is 369 g/mol. The van der Waals surface area contributed by atoms with E-state index >= 15 is 0 Å². The Balaban J connectivity index is 2.62. The van der Waals surface area contributed by atoms with Crippen molar-refractivity contribution in [2.24, 2.45) is 5.92 Å². The molecule has 0 aliphatic rings. The van der Waals surface area contributed by atoms with Crippen LogP contribution < -0.4 is 0 Å². The van der Waals surface area contributed by atoms with Crippen molar-refractivity contribution in [3.63, 3.8) is 0 Å². The van der Waals surface area contributed by atoms with Crippen molar-refractivity contribution >= 4 is 29.3 Å². The van der Waals surface area contributed by atoms with E-state index in [1.54, 1.807) is 31.2 Å². The predicted octanol–water partition coefficient (Wildman–Crippen LogP) is 2.59. The molecule has 0 N–H and O–H groups in total. The zero-order valence-electron chi connectivity index (χ0n) is 14.8. The van der Waals surface area contributed by atoms with Gasteiger partial charge in [0.1, 0.15) is 0 Å². The van der Waals surface area contributed by atoms with Gasteiger partial charge >= 0.3 is 5.97 Å². The van der Waals surface area contributed by atoms with Gasteiger partial charge in [-0.25, -0.2) is 0 Å². The number of halogens is 1. The molecule has 0 aliphatic heterocycles. The first-order valence-electron chi connectivity index (χ1n) is 8.02. The maximum atomic E-state index is 12.4. The molecule has 0 saturated carbocycles. The molecule has 1 aromatic rings. The van der Waals surface area contributed by atoms with Crippen LogP contribution in [-0.2, 0) is 19.1 Å². The van der Waals surface area contributed by atoms with Crippen molar-refractivity contribution in [1.29, 1.82) is 0 Å². The van der Waals surface area contributed by atoms with Gasteiger partial charge in [-0.2, -0.15) is 0 Å². The number of ketones is 1. The molecule has 0 fully saturated rings. The highest BCUT2D eigenvalue weighted by Gasteiger charge is 2.22. The average molecular weight is 370 g/mol. The Labute approximate surface area is 153 Å². The first-order valence-corrected chi connectivity index (χ1v) is 8.40. The van der Waals surface area contributed by atoms with E-state index in [2.05, 4.69) is 4.74 Å². The molecule has 6 nitrogen and oxygen atoms in total. The van der Waals surface area contributed by atoms with Crippen LogP contribution in [0.15, 0.2) is 24.3 Å². The number of ether oxygens (including phenoxy) is 2. The highest BCUT2D eigenvalue weighted by Crippen LogP contribution is 2.13. The molecule has 0 aromatic heterocycles. The summed E-state index contributed by atoms with van der Waals surface area (Å²) in [6.45, 7) is 2.62. The second-order valence-electron chi connectivity index (χ2n) is 5.69. The number of hydrogen-bond donors (Lipinski definition) is 0. The van der Waals surface area contributed by atoms with Crippen LogP contribution in [0.5, 0.6) is 0 Å². The van der Waals surface area contributed by atoms with Crippen LogP contribution >= 0.6 is 11.6 Å². The molecule has 1 unspecified atom stereocenters. The van der Waals surface area contributed by atoms with Crippen molar-refractivity contribution in [1.82, 2.24) is 4.90 Å². The first-order chi connectivity index (χ1) is 11.9. The van der Waals surface area contributed by atoms with Crippen LogP contribution in [-0.4, -0.2) is 56.5 Å². The number of benzene rings is 1. The number of amides is 1. The summed E-state index contributed by atoms with van der Waals surface area (Å²) in [6, 6.07) is 6.55. The molecule has 1 atom stereocenters. The van der Waals surface area contributed by atoms with E-state index in [1.807, 2.05) is 0 Å². The number of hydrogen-bond acceptors (Lipinski definition) is 5. The Morgan fingerprint density at radius 1 is 1.12 bits per heavy atom. The summed E-state index contributed by atoms with van der Waals surface area (Å²) in [7, 11) is 2.85. The van der Waals surface area contributed by atoms with E-state index in [1.165, 1.54) is 19.1 Å². The van der Waals surface area contributed by atoms with Crippen LogP contribution in [0.25, 0.3) is 0 Å². The van der Waals surface area contributed by atoms with Gasteiger partial charge < -0.3 is 14.4 Å². The molecule has 1 aromatic carbocycles. The lowest BCUT2D eigenvalue weighted by molar-refractivity contribution is -0.146. The Kier molecular flexibility index (Phi) is 9.16. The second-order valence-corrected chi connectivity index (χ2v) is 6.12. The van der Waals surface area contributed by atoms with Crippen molar-refractivity contribution in [2.45, 2.75) is 19.8 Å². The molecule has 138 valence electrons. The molecule has 0 aliphatic carbocycles. The van der Waals surface area contributed by atoms with Gasteiger partial charge in [0.2, 0.25) is 5.91 Å². The largest absolute Gasteiger partial charge is 0.469 e. The van der Waals surface area contributed by atoms with Crippen LogP contribution in [0.3, 0.4) is 0 Å². The summed E-state index contributed by atoms with van der Waals surface area (Å²) in [5, 5.41) is 0.551. The maximum absolute atomic E-state index is 12.4. The van der Waals surface area contributed by atoms with E-state index in [9.17, 15) is 14.4 Å². The Morgan fingerprint density at radius 2 is 1.76 bits per heavy atom. The lowest BCUT2D eigenvalue weighted by Crippen LogP contribution is -2.39. The SMILES string of the molecule is COCCN(CC(C)C(=O)OC)C(=O)CCC(=O)c1ccc(Cl)cc1. The fraction of sp³-hybridized carbons (Fsp3) is 0.500. The van der Waals surface area contributed by atoms with Crippen molar-refractivity contribution in [3.8, 4) is 0 Å². The Hall–Kier alpha value is -1.92. The fourth-order valence-electron chi connectivity index (χ4n) is 2.28. The van der Waals surface area contributed by atoms with Gasteiger partial charge in [-0.05, 0) is 24.3 Å². The Bertz CT molecular complexity index is 588. The summed E-state index contributed by atoms with van der Waals surface area (Å²) in [5.41, 5.74) is 0.517. The summed E-state index contributed by atoms with van der Waals surface area (Å²) in [6.07, 6.45) is 0.162. The van der Waals surface area contributed by atoms with E-state index in [4.69, 9.17) is 16.3 Å².